The summed E-state index contributed by atoms with van der Waals surface area (Å²) in [5.41, 5.74) is 3.82. The predicted octanol–water partition coefficient (Wildman–Crippen LogP) is 4.64. The molecule has 0 spiro atoms. The number of hydrogen-bond acceptors (Lipinski definition) is 10. The molecular formula is C31H33N5O7S. The number of tetrazole rings is 1. The minimum atomic E-state index is -0.931. The number of carboxylic acids is 1. The summed E-state index contributed by atoms with van der Waals surface area (Å²) >= 11 is 1.45. The predicted molar refractivity (Wildman–Crippen MR) is 161 cm³/mol. The molecule has 0 saturated carbocycles. The van der Waals surface area contributed by atoms with Crippen LogP contribution in [-0.4, -0.2) is 59.3 Å². The summed E-state index contributed by atoms with van der Waals surface area (Å²) in [7, 11) is 0. The third-order valence-corrected chi connectivity index (χ3v) is 8.30. The van der Waals surface area contributed by atoms with Gasteiger partial charge in [-0.05, 0) is 64.4 Å². The number of nitrogens with zero attached hydrogens (tertiary/aromatic N) is 4. The highest BCUT2D eigenvalue weighted by molar-refractivity contribution is 7.99. The Morgan fingerprint density at radius 3 is 2.34 bits per heavy atom. The van der Waals surface area contributed by atoms with Crippen LogP contribution in [0.4, 0.5) is 5.69 Å². The van der Waals surface area contributed by atoms with Gasteiger partial charge in [-0.15, -0.1) is 5.10 Å². The molecule has 1 aliphatic heterocycles. The lowest BCUT2D eigenvalue weighted by atomic mass is 9.91. The number of carbonyl (C=O) groups excluding carboxylic acids is 1. The number of amides is 1. The zero-order valence-corrected chi connectivity index (χ0v) is 24.8. The van der Waals surface area contributed by atoms with E-state index in [0.717, 1.165) is 16.7 Å². The summed E-state index contributed by atoms with van der Waals surface area (Å²) in [6, 6.07) is 21.4. The number of hydrogen-bond donors (Lipinski definition) is 4. The topological polar surface area (TPSA) is 169 Å². The van der Waals surface area contributed by atoms with Crippen molar-refractivity contribution in [3.63, 3.8) is 0 Å². The van der Waals surface area contributed by atoms with Crippen LogP contribution in [0.3, 0.4) is 0 Å². The summed E-state index contributed by atoms with van der Waals surface area (Å²) in [6.45, 7) is 2.02. The normalized spacial score (nSPS) is 19.9. The number of rotatable bonds is 12. The first-order valence-electron chi connectivity index (χ1n) is 14.1. The Hall–Kier alpha value is -4.30. The number of carboxylic acid groups (broad SMARTS) is 1. The van der Waals surface area contributed by atoms with Gasteiger partial charge in [-0.25, -0.2) is 0 Å². The number of phenols is 1. The van der Waals surface area contributed by atoms with Crippen LogP contribution in [0.5, 0.6) is 5.75 Å². The number of aliphatic hydroxyl groups excluding tert-OH is 1. The van der Waals surface area contributed by atoms with Crippen LogP contribution >= 0.6 is 11.8 Å². The number of aromatic nitrogens is 4. The van der Waals surface area contributed by atoms with E-state index in [9.17, 15) is 19.8 Å². The van der Waals surface area contributed by atoms with E-state index in [1.165, 1.54) is 11.8 Å². The molecule has 0 aliphatic carbocycles. The Kier molecular flexibility index (Phi) is 10.2. The molecule has 3 aromatic carbocycles. The Balaban J connectivity index is 1.32. The van der Waals surface area contributed by atoms with Crippen LogP contribution in [0.1, 0.15) is 55.3 Å². The summed E-state index contributed by atoms with van der Waals surface area (Å²) in [6.07, 6.45) is -0.951. The SMILES string of the molecule is CC1C(CSc2nnnn2-c2ccc(O)cc2)OC(c2ccc(NC(=O)CCCC(=O)O)cc2)OC1c1ccc(CO)cc1. The molecule has 0 radical (unpaired) electrons. The summed E-state index contributed by atoms with van der Waals surface area (Å²) in [5.74, 6) is -0.568. The van der Waals surface area contributed by atoms with E-state index >= 15 is 0 Å². The van der Waals surface area contributed by atoms with Gasteiger partial charge >= 0.3 is 5.97 Å². The van der Waals surface area contributed by atoms with E-state index < -0.39 is 12.3 Å². The minimum Gasteiger partial charge on any atom is -0.508 e. The number of ether oxygens (including phenoxy) is 2. The zero-order chi connectivity index (χ0) is 31.1. The van der Waals surface area contributed by atoms with Gasteiger partial charge in [-0.1, -0.05) is 55.1 Å². The van der Waals surface area contributed by atoms with Gasteiger partial charge in [0.1, 0.15) is 5.75 Å². The number of aliphatic hydroxyl groups is 1. The molecule has 1 fully saturated rings. The van der Waals surface area contributed by atoms with Crippen LogP contribution in [0.15, 0.2) is 78.0 Å². The summed E-state index contributed by atoms with van der Waals surface area (Å²) in [4.78, 5) is 22.9. The Morgan fingerprint density at radius 1 is 0.955 bits per heavy atom. The first-order valence-corrected chi connectivity index (χ1v) is 15.1. The quantitative estimate of drug-likeness (QED) is 0.163. The largest absolute Gasteiger partial charge is 0.508 e. The van der Waals surface area contributed by atoms with Crippen molar-refractivity contribution < 1.29 is 34.4 Å². The van der Waals surface area contributed by atoms with E-state index in [-0.39, 0.29) is 55.7 Å². The van der Waals surface area contributed by atoms with Gasteiger partial charge in [0, 0.05) is 35.8 Å². The van der Waals surface area contributed by atoms with Crippen molar-refractivity contribution in [2.24, 2.45) is 5.92 Å². The van der Waals surface area contributed by atoms with Crippen LogP contribution in [0.2, 0.25) is 0 Å². The van der Waals surface area contributed by atoms with Crippen molar-refractivity contribution in [2.75, 3.05) is 11.1 Å². The standard InChI is InChI=1S/C31H33N5O7S/c1-19-26(18-44-31-33-34-35-36(31)24-13-15-25(38)16-14-24)42-30(43-29(19)21-7-5-20(17-37)6-8-21)22-9-11-23(12-10-22)32-27(39)3-2-4-28(40)41/h5-16,19,26,29-30,37-38H,2-4,17-18H2,1H3,(H,32,39)(H,40,41). The maximum atomic E-state index is 12.2. The molecule has 230 valence electrons. The average molecular weight is 620 g/mol. The van der Waals surface area contributed by atoms with Crippen molar-refractivity contribution in [1.29, 1.82) is 0 Å². The van der Waals surface area contributed by atoms with Crippen molar-refractivity contribution in [2.45, 2.75) is 56.4 Å². The Morgan fingerprint density at radius 2 is 1.66 bits per heavy atom. The number of thioether (sulfide) groups is 1. The molecular weight excluding hydrogens is 586 g/mol. The number of benzene rings is 3. The van der Waals surface area contributed by atoms with Crippen LogP contribution < -0.4 is 5.32 Å². The maximum absolute atomic E-state index is 12.2. The lowest BCUT2D eigenvalue weighted by Gasteiger charge is -2.41. The number of anilines is 1. The third-order valence-electron chi connectivity index (χ3n) is 7.30. The van der Waals surface area contributed by atoms with Crippen molar-refractivity contribution in [3.05, 3.63) is 89.5 Å². The molecule has 2 heterocycles. The highest BCUT2D eigenvalue weighted by Gasteiger charge is 2.38. The van der Waals surface area contributed by atoms with E-state index in [4.69, 9.17) is 14.6 Å². The van der Waals surface area contributed by atoms with Crippen LogP contribution in [-0.2, 0) is 25.7 Å². The van der Waals surface area contributed by atoms with Gasteiger partial charge < -0.3 is 30.1 Å². The smallest absolute Gasteiger partial charge is 0.303 e. The monoisotopic (exact) mass is 619 g/mol. The number of phenolic OH excluding ortho intramolecular Hbond substituents is 1. The van der Waals surface area contributed by atoms with Gasteiger partial charge in [-0.3, -0.25) is 9.59 Å². The minimum absolute atomic E-state index is 0.0510. The molecule has 13 heteroatoms. The molecule has 5 rings (SSSR count). The zero-order valence-electron chi connectivity index (χ0n) is 23.9. The summed E-state index contributed by atoms with van der Waals surface area (Å²) < 4.78 is 14.6. The van der Waals surface area contributed by atoms with E-state index in [0.29, 0.717) is 22.3 Å². The number of aliphatic carboxylic acids is 1. The molecule has 1 aromatic heterocycles. The lowest BCUT2D eigenvalue weighted by molar-refractivity contribution is -0.268. The molecule has 1 amide bonds. The molecule has 4 N–H and O–H groups in total. The molecule has 44 heavy (non-hydrogen) atoms. The van der Waals surface area contributed by atoms with Gasteiger partial charge in [-0.2, -0.15) is 4.68 Å². The second-order valence-corrected chi connectivity index (χ2v) is 11.4. The first-order chi connectivity index (χ1) is 21.3. The van der Waals surface area contributed by atoms with E-state index in [1.807, 2.05) is 36.4 Å². The number of carbonyl (C=O) groups is 2. The van der Waals surface area contributed by atoms with Crippen molar-refractivity contribution >= 4 is 29.3 Å². The molecule has 0 bridgehead atoms. The van der Waals surface area contributed by atoms with Crippen LogP contribution in [0, 0.1) is 5.92 Å². The van der Waals surface area contributed by atoms with Crippen molar-refractivity contribution in [1.82, 2.24) is 20.2 Å². The number of nitrogens with one attached hydrogen (secondary N) is 1. The fourth-order valence-electron chi connectivity index (χ4n) is 4.84. The van der Waals surface area contributed by atoms with Gasteiger partial charge in [0.15, 0.2) is 6.29 Å². The molecule has 12 nitrogen and oxygen atoms in total. The average Bonchev–Trinajstić information content (AvgIpc) is 3.50. The molecule has 4 aromatic rings. The second kappa shape index (κ2) is 14.4. The summed E-state index contributed by atoms with van der Waals surface area (Å²) in [5, 5.41) is 43.4. The fraction of sp³-hybridized carbons (Fsp3) is 0.323. The van der Waals surface area contributed by atoms with Crippen LogP contribution in [0.25, 0.3) is 5.69 Å². The molecule has 1 saturated heterocycles. The molecule has 4 unspecified atom stereocenters. The second-order valence-electron chi connectivity index (χ2n) is 10.4. The van der Waals surface area contributed by atoms with Gasteiger partial charge in [0.25, 0.3) is 0 Å². The van der Waals surface area contributed by atoms with Gasteiger partial charge in [0.05, 0.1) is 24.5 Å². The third kappa shape index (κ3) is 7.80. The first kappa shape index (κ1) is 31.1. The molecule has 1 aliphatic rings. The highest BCUT2D eigenvalue weighted by atomic mass is 32.2. The van der Waals surface area contributed by atoms with E-state index in [1.54, 1.807) is 41.1 Å². The fourth-order valence-corrected chi connectivity index (χ4v) is 5.89. The maximum Gasteiger partial charge on any atom is 0.303 e. The van der Waals surface area contributed by atoms with E-state index in [2.05, 4.69) is 27.8 Å². The lowest BCUT2D eigenvalue weighted by Crippen LogP contribution is -2.38. The van der Waals surface area contributed by atoms with Crippen molar-refractivity contribution in [3.8, 4) is 11.4 Å². The Bertz CT molecular complexity index is 1550. The highest BCUT2D eigenvalue weighted by Crippen LogP contribution is 2.43. The number of aromatic hydroxyl groups is 1. The molecule has 4 atom stereocenters. The van der Waals surface area contributed by atoms with Gasteiger partial charge in [0.2, 0.25) is 11.1 Å². The Labute approximate surface area is 258 Å².